The lowest BCUT2D eigenvalue weighted by molar-refractivity contribution is 0.0648. The molecule has 2 N–H and O–H groups in total. The van der Waals surface area contributed by atoms with Crippen molar-refractivity contribution in [1.82, 2.24) is 14.9 Å². The summed E-state index contributed by atoms with van der Waals surface area (Å²) in [4.78, 5) is 4.67. The van der Waals surface area contributed by atoms with Gasteiger partial charge in [0.05, 0.1) is 22.7 Å². The molecule has 1 aromatic heterocycles. The predicted octanol–water partition coefficient (Wildman–Crippen LogP) is 2.75. The minimum atomic E-state index is -0.577. The van der Waals surface area contributed by atoms with Crippen LogP contribution in [0, 0.1) is 0 Å². The van der Waals surface area contributed by atoms with Crippen LogP contribution < -0.4 is 5.32 Å². The number of aliphatic hydroxyl groups is 1. The van der Waals surface area contributed by atoms with E-state index < -0.39 is 5.60 Å². The van der Waals surface area contributed by atoms with Gasteiger partial charge in [0.1, 0.15) is 5.82 Å². The molecule has 1 fully saturated rings. The van der Waals surface area contributed by atoms with Gasteiger partial charge < -0.3 is 15.0 Å². The minimum absolute atomic E-state index is 0.0794. The third kappa shape index (κ3) is 3.06. The lowest BCUT2D eigenvalue weighted by Gasteiger charge is -2.24. The molecule has 1 saturated heterocycles. The quantitative estimate of drug-likeness (QED) is 0.907. The van der Waals surface area contributed by atoms with Crippen molar-refractivity contribution in [3.63, 3.8) is 0 Å². The Kier molecular flexibility index (Phi) is 4.19. The van der Waals surface area contributed by atoms with E-state index in [9.17, 15) is 5.11 Å². The number of aromatic nitrogens is 2. The van der Waals surface area contributed by atoms with Gasteiger partial charge in [-0.25, -0.2) is 4.98 Å². The average Bonchev–Trinajstić information content (AvgIpc) is 3.01. The number of nitrogens with one attached hydrogen (secondary N) is 1. The van der Waals surface area contributed by atoms with Crippen LogP contribution in [-0.2, 0) is 7.05 Å². The first-order chi connectivity index (χ1) is 9.98. The Morgan fingerprint density at radius 3 is 3.10 bits per heavy atom. The van der Waals surface area contributed by atoms with Gasteiger partial charge in [-0.2, -0.15) is 11.8 Å². The smallest absolute Gasteiger partial charge is 0.126 e. The third-order valence-corrected chi connectivity index (χ3v) is 5.55. The molecule has 0 saturated carbocycles. The normalized spacial score (nSPS) is 23.8. The molecule has 6 heteroatoms. The maximum atomic E-state index is 10.4. The fourth-order valence-corrected chi connectivity index (χ4v) is 4.21. The van der Waals surface area contributed by atoms with Crippen molar-refractivity contribution in [1.29, 1.82) is 0 Å². The molecule has 4 nitrogen and oxygen atoms in total. The summed E-state index contributed by atoms with van der Waals surface area (Å²) < 4.78 is 2.08. The molecule has 2 aromatic rings. The lowest BCUT2D eigenvalue weighted by Crippen LogP contribution is -2.41. The van der Waals surface area contributed by atoms with Crippen LogP contribution in [0.15, 0.2) is 18.2 Å². The van der Waals surface area contributed by atoms with Gasteiger partial charge in [-0.3, -0.25) is 0 Å². The summed E-state index contributed by atoms with van der Waals surface area (Å²) in [7, 11) is 2.01. The fourth-order valence-electron chi connectivity index (χ4n) is 2.75. The number of thioether (sulfide) groups is 1. The zero-order valence-corrected chi connectivity index (χ0v) is 13.8. The Hall–Kier alpha value is -0.750. The van der Waals surface area contributed by atoms with Crippen LogP contribution in [0.2, 0.25) is 5.02 Å². The first-order valence-corrected chi connectivity index (χ1v) is 8.67. The first-order valence-electron chi connectivity index (χ1n) is 7.14. The van der Waals surface area contributed by atoms with Crippen LogP contribution in [0.1, 0.15) is 25.2 Å². The molecule has 3 rings (SSSR count). The Labute approximate surface area is 133 Å². The monoisotopic (exact) mass is 325 g/mol. The Balaban J connectivity index is 1.78. The van der Waals surface area contributed by atoms with Gasteiger partial charge in [-0.05, 0) is 37.3 Å². The van der Waals surface area contributed by atoms with E-state index >= 15 is 0 Å². The van der Waals surface area contributed by atoms with Gasteiger partial charge in [0.2, 0.25) is 0 Å². The van der Waals surface area contributed by atoms with Crippen molar-refractivity contribution >= 4 is 34.4 Å². The molecule has 1 aromatic carbocycles. The molecule has 0 radical (unpaired) electrons. The average molecular weight is 326 g/mol. The number of fused-ring (bicyclic) bond motifs is 1. The van der Waals surface area contributed by atoms with Gasteiger partial charge in [0, 0.05) is 24.4 Å². The third-order valence-electron chi connectivity index (χ3n) is 4.08. The Morgan fingerprint density at radius 2 is 2.38 bits per heavy atom. The van der Waals surface area contributed by atoms with Crippen molar-refractivity contribution in [2.45, 2.75) is 25.0 Å². The highest BCUT2D eigenvalue weighted by Crippen LogP contribution is 2.28. The van der Waals surface area contributed by atoms with E-state index in [1.165, 1.54) is 0 Å². The largest absolute Gasteiger partial charge is 0.388 e. The number of halogens is 1. The molecule has 2 heterocycles. The molecular weight excluding hydrogens is 306 g/mol. The lowest BCUT2D eigenvalue weighted by atomic mass is 10.0. The van der Waals surface area contributed by atoms with E-state index in [1.54, 1.807) is 0 Å². The van der Waals surface area contributed by atoms with E-state index in [1.807, 2.05) is 37.0 Å². The van der Waals surface area contributed by atoms with Crippen molar-refractivity contribution in [3.8, 4) is 0 Å². The van der Waals surface area contributed by atoms with Crippen LogP contribution in [-0.4, -0.2) is 38.3 Å². The van der Waals surface area contributed by atoms with Crippen LogP contribution in [0.4, 0.5) is 0 Å². The molecule has 0 aliphatic carbocycles. The van der Waals surface area contributed by atoms with E-state index in [-0.39, 0.29) is 6.04 Å². The van der Waals surface area contributed by atoms with Crippen molar-refractivity contribution in [3.05, 3.63) is 29.0 Å². The second kappa shape index (κ2) is 5.80. The molecule has 0 bridgehead atoms. The number of nitrogens with zero attached hydrogens (tertiary/aromatic N) is 2. The summed E-state index contributed by atoms with van der Waals surface area (Å²) in [5.74, 6) is 2.81. The summed E-state index contributed by atoms with van der Waals surface area (Å²) in [6.07, 6.45) is 0.857. The fraction of sp³-hybridized carbons (Fsp3) is 0.533. The highest BCUT2D eigenvalue weighted by Gasteiger charge is 2.32. The summed E-state index contributed by atoms with van der Waals surface area (Å²) >= 11 is 7.84. The predicted molar refractivity (Wildman–Crippen MR) is 89.0 cm³/mol. The van der Waals surface area contributed by atoms with Crippen LogP contribution in [0.3, 0.4) is 0 Å². The molecule has 21 heavy (non-hydrogen) atoms. The van der Waals surface area contributed by atoms with Crippen molar-refractivity contribution in [2.75, 3.05) is 18.1 Å². The van der Waals surface area contributed by atoms with Crippen LogP contribution >= 0.6 is 23.4 Å². The molecule has 1 aliphatic rings. The summed E-state index contributed by atoms with van der Waals surface area (Å²) in [6, 6.07) is 5.83. The number of aryl methyl sites for hydroxylation is 1. The maximum Gasteiger partial charge on any atom is 0.126 e. The van der Waals surface area contributed by atoms with Crippen LogP contribution in [0.25, 0.3) is 11.0 Å². The number of imidazole rings is 1. The number of rotatable bonds is 4. The van der Waals surface area contributed by atoms with E-state index in [2.05, 4.69) is 21.8 Å². The zero-order chi connectivity index (χ0) is 15.0. The van der Waals surface area contributed by atoms with Gasteiger partial charge in [0.15, 0.2) is 0 Å². The molecule has 0 amide bonds. The maximum absolute atomic E-state index is 10.4. The van der Waals surface area contributed by atoms with Crippen molar-refractivity contribution in [2.24, 2.45) is 7.05 Å². The standard InChI is InChI=1S/C15H20ClN3OS/c1-10(17-8-15(20)5-6-21-9-15)14-18-12-7-11(16)3-4-13(12)19(14)2/h3-4,7,10,17,20H,5-6,8-9H2,1-2H3. The number of hydrogen-bond acceptors (Lipinski definition) is 4. The SMILES string of the molecule is CC(NCC1(O)CCSC1)c1nc2cc(Cl)ccc2n1C. The molecule has 0 spiro atoms. The first kappa shape index (κ1) is 15.2. The van der Waals surface area contributed by atoms with Gasteiger partial charge in [-0.15, -0.1) is 0 Å². The zero-order valence-electron chi connectivity index (χ0n) is 12.3. The topological polar surface area (TPSA) is 50.1 Å². The van der Waals surface area contributed by atoms with Crippen molar-refractivity contribution < 1.29 is 5.11 Å². The number of hydrogen-bond donors (Lipinski definition) is 2. The number of benzene rings is 1. The second-order valence-corrected chi connectivity index (χ2v) is 7.33. The highest BCUT2D eigenvalue weighted by atomic mass is 35.5. The minimum Gasteiger partial charge on any atom is -0.388 e. The molecule has 114 valence electrons. The summed E-state index contributed by atoms with van der Waals surface area (Å²) in [5, 5.41) is 14.5. The molecule has 1 aliphatic heterocycles. The Bertz CT molecular complexity index is 652. The highest BCUT2D eigenvalue weighted by molar-refractivity contribution is 7.99. The summed E-state index contributed by atoms with van der Waals surface area (Å²) in [5.41, 5.74) is 1.40. The van der Waals surface area contributed by atoms with E-state index in [0.29, 0.717) is 11.6 Å². The van der Waals surface area contributed by atoms with Gasteiger partial charge >= 0.3 is 0 Å². The molecular formula is C15H20ClN3OS. The van der Waals surface area contributed by atoms with Gasteiger partial charge in [0.25, 0.3) is 0 Å². The molecule has 2 atom stereocenters. The van der Waals surface area contributed by atoms with Crippen LogP contribution in [0.5, 0.6) is 0 Å². The van der Waals surface area contributed by atoms with Gasteiger partial charge in [-0.1, -0.05) is 11.6 Å². The van der Waals surface area contributed by atoms with E-state index in [0.717, 1.165) is 34.8 Å². The Morgan fingerprint density at radius 1 is 1.57 bits per heavy atom. The van der Waals surface area contributed by atoms with E-state index in [4.69, 9.17) is 11.6 Å². The summed E-state index contributed by atoms with van der Waals surface area (Å²) in [6.45, 7) is 2.68. The second-order valence-electron chi connectivity index (χ2n) is 5.79. The molecule has 2 unspecified atom stereocenters.